The molecule has 0 saturated carbocycles. The Morgan fingerprint density at radius 1 is 1.78 bits per heavy atom. The van der Waals surface area contributed by atoms with Crippen LogP contribution in [0.5, 0.6) is 0 Å². The molecule has 0 amide bonds. The zero-order chi connectivity index (χ0) is 6.57. The monoisotopic (exact) mass is 169 g/mol. The molecule has 0 aliphatic rings. The second kappa shape index (κ2) is 6.58. The Morgan fingerprint density at radius 3 is 2.33 bits per heavy atom. The highest BCUT2D eigenvalue weighted by molar-refractivity contribution is 7.84. The van der Waals surface area contributed by atoms with Crippen molar-refractivity contribution in [3.8, 4) is 0 Å². The average molecular weight is 169 g/mol. The molecule has 2 unspecified atom stereocenters. The molecule has 0 aromatic heterocycles. The molecule has 0 aliphatic heterocycles. The minimum absolute atomic E-state index is 0. The average Bonchev–Trinajstić information content (AvgIpc) is 1.65. The van der Waals surface area contributed by atoms with Crippen molar-refractivity contribution < 1.29 is 4.21 Å². The van der Waals surface area contributed by atoms with Crippen molar-refractivity contribution in [2.24, 2.45) is 5.73 Å². The molecule has 2 atom stereocenters. The first-order valence-corrected chi connectivity index (χ1v) is 4.69. The predicted octanol–water partition coefficient (Wildman–Crippen LogP) is 0.258. The summed E-state index contributed by atoms with van der Waals surface area (Å²) < 4.78 is 10.4. The summed E-state index contributed by atoms with van der Waals surface area (Å²) in [6.07, 6.45) is 1.64. The summed E-state index contributed by atoms with van der Waals surface area (Å²) in [5.74, 6) is 1.17. The molecule has 4 heteroatoms. The summed E-state index contributed by atoms with van der Waals surface area (Å²) >= 11 is 3.93. The van der Waals surface area contributed by atoms with Crippen LogP contribution in [0.25, 0.3) is 0 Å². The minimum atomic E-state index is -0.769. The van der Waals surface area contributed by atoms with Crippen LogP contribution in [0.4, 0.5) is 0 Å². The topological polar surface area (TPSA) is 43.1 Å². The molecular weight excluding hydrogens is 154 g/mol. The fourth-order valence-corrected chi connectivity index (χ4v) is 1.38. The van der Waals surface area contributed by atoms with Crippen LogP contribution in [0.15, 0.2) is 0 Å². The van der Waals surface area contributed by atoms with Gasteiger partial charge in [0, 0.05) is 34.6 Å². The van der Waals surface area contributed by atoms with Crippen LogP contribution in [0, 0.1) is 0 Å². The van der Waals surface area contributed by atoms with Gasteiger partial charge in [-0.25, -0.2) is 0 Å². The van der Waals surface area contributed by atoms with Crippen LogP contribution in [0.2, 0.25) is 0 Å². The van der Waals surface area contributed by atoms with Gasteiger partial charge in [0.2, 0.25) is 0 Å². The van der Waals surface area contributed by atoms with E-state index in [0.29, 0.717) is 11.5 Å². The van der Waals surface area contributed by atoms with Crippen LogP contribution >= 0.6 is 12.6 Å². The van der Waals surface area contributed by atoms with Crippen molar-refractivity contribution in [3.63, 3.8) is 0 Å². The third-order valence-electron chi connectivity index (χ3n) is 0.683. The molecule has 0 aromatic rings. The van der Waals surface area contributed by atoms with E-state index in [2.05, 4.69) is 12.6 Å². The van der Waals surface area contributed by atoms with Crippen molar-refractivity contribution >= 4 is 23.4 Å². The Morgan fingerprint density at radius 2 is 2.22 bits per heavy atom. The highest BCUT2D eigenvalue weighted by atomic mass is 32.2. The Labute approximate surface area is 65.1 Å². The molecule has 2 N–H and O–H groups in total. The van der Waals surface area contributed by atoms with Crippen molar-refractivity contribution in [1.29, 1.82) is 0 Å². The minimum Gasteiger partial charge on any atom is -0.326 e. The van der Waals surface area contributed by atoms with Crippen molar-refractivity contribution in [1.82, 2.24) is 0 Å². The molecule has 0 aromatic carbocycles. The van der Waals surface area contributed by atoms with Crippen LogP contribution in [-0.2, 0) is 10.8 Å². The lowest BCUT2D eigenvalue weighted by Crippen LogP contribution is -2.28. The highest BCUT2D eigenvalue weighted by Gasteiger charge is 1.99. The van der Waals surface area contributed by atoms with E-state index in [-0.39, 0.29) is 13.5 Å². The lowest BCUT2D eigenvalue weighted by atomic mass is 10.4. The van der Waals surface area contributed by atoms with Crippen molar-refractivity contribution in [2.75, 3.05) is 17.8 Å². The van der Waals surface area contributed by atoms with Gasteiger partial charge in [0.15, 0.2) is 0 Å². The summed E-state index contributed by atoms with van der Waals surface area (Å²) in [4.78, 5) is 0. The van der Waals surface area contributed by atoms with Gasteiger partial charge in [-0.1, -0.05) is 7.43 Å². The first-order valence-electron chi connectivity index (χ1n) is 2.33. The smallest absolute Gasteiger partial charge is 0.0391 e. The number of rotatable bonds is 3. The van der Waals surface area contributed by atoms with Crippen LogP contribution in [-0.4, -0.2) is 28.0 Å². The molecule has 0 fully saturated rings. The lowest BCUT2D eigenvalue weighted by molar-refractivity contribution is 0.681. The van der Waals surface area contributed by atoms with Gasteiger partial charge in [0.25, 0.3) is 0 Å². The van der Waals surface area contributed by atoms with Gasteiger partial charge in [-0.15, -0.1) is 0 Å². The molecule has 0 aliphatic carbocycles. The first-order chi connectivity index (χ1) is 3.66. The summed E-state index contributed by atoms with van der Waals surface area (Å²) in [5.41, 5.74) is 5.40. The Balaban J connectivity index is 0. The zero-order valence-electron chi connectivity index (χ0n) is 4.83. The lowest BCUT2D eigenvalue weighted by Gasteiger charge is -2.02. The Hall–Kier alpha value is 0.460. The van der Waals surface area contributed by atoms with E-state index in [4.69, 9.17) is 5.73 Å². The standard InChI is InChI=1S/C4H11NOS2.CH4/c1-8(6)3-4(5)2-7;/h4,7H,2-3,5H2,1H3;1H4. The van der Waals surface area contributed by atoms with Crippen molar-refractivity contribution in [3.05, 3.63) is 0 Å². The van der Waals surface area contributed by atoms with Gasteiger partial charge in [0.1, 0.15) is 0 Å². The molecule has 0 heterocycles. The summed E-state index contributed by atoms with van der Waals surface area (Å²) in [5, 5.41) is 0. The maximum atomic E-state index is 10.4. The van der Waals surface area contributed by atoms with Gasteiger partial charge < -0.3 is 5.73 Å². The molecule has 0 rings (SSSR count). The second-order valence-electron chi connectivity index (χ2n) is 1.68. The number of thiol groups is 1. The molecule has 0 bridgehead atoms. The van der Waals surface area contributed by atoms with Crippen molar-refractivity contribution in [2.45, 2.75) is 13.5 Å². The van der Waals surface area contributed by atoms with Gasteiger partial charge in [-0.3, -0.25) is 4.21 Å². The van der Waals surface area contributed by atoms with Gasteiger partial charge in [-0.05, 0) is 0 Å². The highest BCUT2D eigenvalue weighted by Crippen LogP contribution is 1.84. The second-order valence-corrected chi connectivity index (χ2v) is 3.53. The van der Waals surface area contributed by atoms with E-state index in [1.807, 2.05) is 0 Å². The number of hydrogen-bond acceptors (Lipinski definition) is 3. The van der Waals surface area contributed by atoms with Gasteiger partial charge in [-0.2, -0.15) is 12.6 Å². The van der Waals surface area contributed by atoms with Crippen LogP contribution < -0.4 is 5.73 Å². The zero-order valence-corrected chi connectivity index (χ0v) is 6.54. The molecule has 2 nitrogen and oxygen atoms in total. The summed E-state index contributed by atoms with van der Waals surface area (Å²) in [7, 11) is -0.769. The third kappa shape index (κ3) is 8.46. The predicted molar refractivity (Wildman–Crippen MR) is 47.5 cm³/mol. The molecule has 0 saturated heterocycles. The third-order valence-corrected chi connectivity index (χ3v) is 2.05. The fraction of sp³-hybridized carbons (Fsp3) is 1.00. The largest absolute Gasteiger partial charge is 0.326 e. The normalized spacial score (nSPS) is 15.9. The van der Waals surface area contributed by atoms with Gasteiger partial charge >= 0.3 is 0 Å². The maximum absolute atomic E-state index is 10.4. The molecular formula is C5H15NOS2. The Bertz CT molecular complexity index is 87.0. The SMILES string of the molecule is C.CS(=O)CC(N)CS. The van der Waals surface area contributed by atoms with E-state index < -0.39 is 10.8 Å². The molecule has 0 spiro atoms. The summed E-state index contributed by atoms with van der Waals surface area (Å²) in [6, 6.07) is -0.0100. The van der Waals surface area contributed by atoms with E-state index in [9.17, 15) is 4.21 Å². The van der Waals surface area contributed by atoms with Crippen LogP contribution in [0.1, 0.15) is 7.43 Å². The molecule has 58 valence electrons. The van der Waals surface area contributed by atoms with E-state index >= 15 is 0 Å². The molecule has 9 heavy (non-hydrogen) atoms. The fourth-order valence-electron chi connectivity index (χ4n) is 0.354. The number of hydrogen-bond donors (Lipinski definition) is 2. The molecule has 0 radical (unpaired) electrons. The first kappa shape index (κ1) is 12.2. The Kier molecular flexibility index (Phi) is 8.89. The summed E-state index contributed by atoms with van der Waals surface area (Å²) in [6.45, 7) is 0. The van der Waals surface area contributed by atoms with E-state index in [1.54, 1.807) is 6.26 Å². The quantitative estimate of drug-likeness (QED) is 0.595. The number of nitrogens with two attached hydrogens (primary N) is 1. The maximum Gasteiger partial charge on any atom is 0.0391 e. The van der Waals surface area contributed by atoms with Gasteiger partial charge in [0.05, 0.1) is 0 Å². The van der Waals surface area contributed by atoms with E-state index in [1.165, 1.54) is 0 Å². The van der Waals surface area contributed by atoms with E-state index in [0.717, 1.165) is 0 Å². The van der Waals surface area contributed by atoms with Crippen LogP contribution in [0.3, 0.4) is 0 Å².